The Morgan fingerprint density at radius 1 is 0.760 bits per heavy atom. The molecule has 0 bridgehead atoms. The molecule has 0 saturated carbocycles. The van der Waals surface area contributed by atoms with Gasteiger partial charge in [-0.3, -0.25) is 0 Å². The quantitative estimate of drug-likeness (QED) is 0.410. The molecule has 0 heterocycles. The van der Waals surface area contributed by atoms with Crippen molar-refractivity contribution < 1.29 is 0 Å². The normalized spacial score (nSPS) is 10.3. The highest BCUT2D eigenvalue weighted by molar-refractivity contribution is 9.10. The molecule has 0 radical (unpaired) electrons. The summed E-state index contributed by atoms with van der Waals surface area (Å²) in [6.45, 7) is 0.787. The smallest absolute Gasteiger partial charge is 0.0655 e. The average molecular weight is 428 g/mol. The van der Waals surface area contributed by atoms with Crippen molar-refractivity contribution in [3.8, 4) is 0 Å². The minimum absolute atomic E-state index is 0.787. The number of benzene rings is 3. The average Bonchev–Trinajstić information content (AvgIpc) is 2.65. The molecule has 0 fully saturated rings. The lowest BCUT2D eigenvalue weighted by Gasteiger charge is -2.09. The van der Waals surface area contributed by atoms with E-state index in [1.54, 1.807) is 23.5 Å². The zero-order valence-electron chi connectivity index (χ0n) is 13.6. The van der Waals surface area contributed by atoms with Gasteiger partial charge in [-0.25, -0.2) is 0 Å². The molecular weight excluding hydrogens is 410 g/mol. The molecule has 3 rings (SSSR count). The second kappa shape index (κ2) is 9.76. The third-order valence-corrected chi connectivity index (χ3v) is 6.32. The van der Waals surface area contributed by atoms with Gasteiger partial charge in [-0.05, 0) is 35.9 Å². The third-order valence-electron chi connectivity index (χ3n) is 3.39. The molecule has 1 nitrogen and oxygen atoms in total. The van der Waals surface area contributed by atoms with Crippen LogP contribution in [0.5, 0.6) is 0 Å². The lowest BCUT2D eigenvalue weighted by Crippen LogP contribution is -2.05. The fourth-order valence-electron chi connectivity index (χ4n) is 2.18. The maximum Gasteiger partial charge on any atom is 0.0655 e. The Morgan fingerprint density at radius 3 is 1.84 bits per heavy atom. The van der Waals surface area contributed by atoms with Crippen LogP contribution >= 0.6 is 39.5 Å². The molecule has 0 saturated heterocycles. The first kappa shape index (κ1) is 18.2. The van der Waals surface area contributed by atoms with E-state index in [4.69, 9.17) is 0 Å². The Morgan fingerprint density at radius 2 is 1.28 bits per heavy atom. The zero-order valence-corrected chi connectivity index (χ0v) is 16.8. The molecule has 126 valence electrons. The van der Waals surface area contributed by atoms with Crippen molar-refractivity contribution in [1.29, 1.82) is 0 Å². The van der Waals surface area contributed by atoms with Crippen molar-refractivity contribution in [2.24, 2.45) is 0 Å². The van der Waals surface area contributed by atoms with Crippen molar-refractivity contribution in [1.82, 2.24) is 5.32 Å². The molecule has 0 amide bonds. The van der Waals surface area contributed by atoms with E-state index in [-0.39, 0.29) is 0 Å². The number of nitrogens with one attached hydrogen (secondary N) is 1. The van der Waals surface area contributed by atoms with Gasteiger partial charge >= 0.3 is 0 Å². The highest BCUT2D eigenvalue weighted by Crippen LogP contribution is 2.38. The van der Waals surface area contributed by atoms with Gasteiger partial charge in [-0.2, -0.15) is 0 Å². The molecule has 3 aromatic carbocycles. The van der Waals surface area contributed by atoms with Gasteiger partial charge in [0, 0.05) is 27.0 Å². The van der Waals surface area contributed by atoms with Crippen LogP contribution in [0.15, 0.2) is 110 Å². The first-order valence-corrected chi connectivity index (χ1v) is 10.4. The van der Waals surface area contributed by atoms with Crippen LogP contribution in [0, 0.1) is 0 Å². The largest absolute Gasteiger partial charge is 0.385 e. The minimum Gasteiger partial charge on any atom is -0.385 e. The Bertz CT molecular complexity index is 776. The van der Waals surface area contributed by atoms with Crippen molar-refractivity contribution in [3.63, 3.8) is 0 Å². The molecule has 0 aliphatic rings. The van der Waals surface area contributed by atoms with Gasteiger partial charge in [0.1, 0.15) is 0 Å². The fourth-order valence-corrected chi connectivity index (χ4v) is 4.68. The Balaban J connectivity index is 1.71. The summed E-state index contributed by atoms with van der Waals surface area (Å²) in [7, 11) is 0. The van der Waals surface area contributed by atoms with E-state index in [9.17, 15) is 0 Å². The van der Waals surface area contributed by atoms with Gasteiger partial charge in [0.15, 0.2) is 0 Å². The first-order chi connectivity index (χ1) is 12.3. The minimum atomic E-state index is 0.787. The van der Waals surface area contributed by atoms with E-state index in [1.807, 2.05) is 18.2 Å². The molecule has 0 aliphatic heterocycles. The second-order valence-corrected chi connectivity index (χ2v) is 8.61. The van der Waals surface area contributed by atoms with Crippen LogP contribution in [-0.4, -0.2) is 0 Å². The summed E-state index contributed by atoms with van der Waals surface area (Å²) < 4.78 is 2.34. The summed E-state index contributed by atoms with van der Waals surface area (Å²) >= 11 is 7.15. The van der Waals surface area contributed by atoms with Crippen LogP contribution in [0.3, 0.4) is 0 Å². The SMILES string of the molecule is Brc1ccccc1CNC=C(Sc1ccccc1)Sc1ccccc1. The van der Waals surface area contributed by atoms with Gasteiger partial charge < -0.3 is 5.32 Å². The predicted octanol–water partition coefficient (Wildman–Crippen LogP) is 6.92. The number of thioether (sulfide) groups is 2. The van der Waals surface area contributed by atoms with E-state index in [0.29, 0.717) is 0 Å². The van der Waals surface area contributed by atoms with Gasteiger partial charge in [0.25, 0.3) is 0 Å². The van der Waals surface area contributed by atoms with E-state index < -0.39 is 0 Å². The monoisotopic (exact) mass is 427 g/mol. The van der Waals surface area contributed by atoms with E-state index in [1.165, 1.54) is 19.6 Å². The number of halogens is 1. The predicted molar refractivity (Wildman–Crippen MR) is 114 cm³/mol. The second-order valence-electron chi connectivity index (χ2n) is 5.27. The standard InChI is InChI=1S/C21H18BrNS2/c22-20-14-8-7-9-17(20)15-23-16-21(24-18-10-3-1-4-11-18)25-19-12-5-2-6-13-19/h1-14,16,23H,15H2. The van der Waals surface area contributed by atoms with Gasteiger partial charge in [0.05, 0.1) is 4.24 Å². The van der Waals surface area contributed by atoms with Crippen LogP contribution < -0.4 is 5.32 Å². The van der Waals surface area contributed by atoms with E-state index in [2.05, 4.69) is 94.2 Å². The Labute approximate surface area is 166 Å². The topological polar surface area (TPSA) is 12.0 Å². The van der Waals surface area contributed by atoms with Crippen molar-refractivity contribution >= 4 is 39.5 Å². The van der Waals surface area contributed by atoms with Gasteiger partial charge in [-0.1, -0.05) is 94.1 Å². The Hall–Kier alpha value is -1.62. The lowest BCUT2D eigenvalue weighted by atomic mass is 10.2. The highest BCUT2D eigenvalue weighted by Gasteiger charge is 2.04. The number of hydrogen-bond acceptors (Lipinski definition) is 3. The molecule has 4 heteroatoms. The summed E-state index contributed by atoms with van der Waals surface area (Å²) in [6.07, 6.45) is 2.11. The van der Waals surface area contributed by atoms with Crippen LogP contribution in [0.4, 0.5) is 0 Å². The lowest BCUT2D eigenvalue weighted by molar-refractivity contribution is 0.866. The maximum atomic E-state index is 3.60. The van der Waals surface area contributed by atoms with E-state index in [0.717, 1.165) is 11.0 Å². The van der Waals surface area contributed by atoms with Crippen LogP contribution in [-0.2, 0) is 6.54 Å². The fraction of sp³-hybridized carbons (Fsp3) is 0.0476. The Kier molecular flexibility index (Phi) is 7.10. The van der Waals surface area contributed by atoms with E-state index >= 15 is 0 Å². The van der Waals surface area contributed by atoms with Crippen molar-refractivity contribution in [2.45, 2.75) is 16.3 Å². The van der Waals surface area contributed by atoms with Crippen LogP contribution in [0.25, 0.3) is 0 Å². The summed E-state index contributed by atoms with van der Waals surface area (Å²) in [6, 6.07) is 29.2. The summed E-state index contributed by atoms with van der Waals surface area (Å²) in [5.74, 6) is 0. The summed E-state index contributed by atoms with van der Waals surface area (Å²) in [5, 5.41) is 3.45. The molecule has 0 spiro atoms. The van der Waals surface area contributed by atoms with Crippen LogP contribution in [0.1, 0.15) is 5.56 Å². The van der Waals surface area contributed by atoms with Crippen molar-refractivity contribution in [3.05, 3.63) is 105 Å². The molecule has 3 aromatic rings. The summed E-state index contributed by atoms with van der Waals surface area (Å²) in [5.41, 5.74) is 1.24. The first-order valence-electron chi connectivity index (χ1n) is 7.94. The molecule has 0 atom stereocenters. The molecule has 0 unspecified atom stereocenters. The molecule has 0 aliphatic carbocycles. The number of hydrogen-bond donors (Lipinski definition) is 1. The molecule has 1 N–H and O–H groups in total. The maximum absolute atomic E-state index is 3.60. The zero-order chi connectivity index (χ0) is 17.3. The summed E-state index contributed by atoms with van der Waals surface area (Å²) in [4.78, 5) is 2.47. The third kappa shape index (κ3) is 5.99. The van der Waals surface area contributed by atoms with Crippen molar-refractivity contribution in [2.75, 3.05) is 0 Å². The van der Waals surface area contributed by atoms with Crippen LogP contribution in [0.2, 0.25) is 0 Å². The van der Waals surface area contributed by atoms with Gasteiger partial charge in [0.2, 0.25) is 0 Å². The molecular formula is C21H18BrNS2. The highest BCUT2D eigenvalue weighted by atomic mass is 79.9. The van der Waals surface area contributed by atoms with Gasteiger partial charge in [-0.15, -0.1) is 0 Å². The molecule has 25 heavy (non-hydrogen) atoms. The number of rotatable bonds is 7. The molecule has 0 aromatic heterocycles.